The van der Waals surface area contributed by atoms with Crippen molar-refractivity contribution in [2.45, 2.75) is 13.5 Å². The molecule has 140 valence electrons. The van der Waals surface area contributed by atoms with E-state index in [1.54, 1.807) is 24.5 Å². The van der Waals surface area contributed by atoms with Gasteiger partial charge in [-0.15, -0.1) is 17.9 Å². The van der Waals surface area contributed by atoms with Crippen LogP contribution in [0.15, 0.2) is 54.4 Å². The second kappa shape index (κ2) is 8.79. The third-order valence-electron chi connectivity index (χ3n) is 4.32. The Labute approximate surface area is 163 Å². The molecule has 0 bridgehead atoms. The van der Waals surface area contributed by atoms with Crippen LogP contribution in [0.5, 0.6) is 0 Å². The average Bonchev–Trinajstić information content (AvgIpc) is 3.30. The van der Waals surface area contributed by atoms with Crippen LogP contribution in [-0.2, 0) is 11.3 Å². The monoisotopic (exact) mass is 381 g/mol. The van der Waals surface area contributed by atoms with Crippen LogP contribution in [0, 0.1) is 6.92 Å². The molecule has 1 aromatic carbocycles. The lowest BCUT2D eigenvalue weighted by atomic mass is 10.2. The molecule has 0 saturated carbocycles. The van der Waals surface area contributed by atoms with Crippen LogP contribution in [0.1, 0.15) is 16.1 Å². The highest BCUT2D eigenvalue weighted by Crippen LogP contribution is 2.31. The molecule has 0 radical (unpaired) electrons. The fourth-order valence-electron chi connectivity index (χ4n) is 2.92. The quantitative estimate of drug-likeness (QED) is 0.597. The van der Waals surface area contributed by atoms with E-state index in [1.807, 2.05) is 48.7 Å². The van der Waals surface area contributed by atoms with E-state index in [1.165, 1.54) is 0 Å². The van der Waals surface area contributed by atoms with Crippen LogP contribution in [0.3, 0.4) is 0 Å². The minimum atomic E-state index is -0.108. The van der Waals surface area contributed by atoms with Crippen molar-refractivity contribution in [2.24, 2.45) is 0 Å². The number of carbonyl (C=O) groups excluding carboxylic acids is 1. The van der Waals surface area contributed by atoms with Crippen LogP contribution >= 0.6 is 11.3 Å². The molecule has 1 amide bonds. The number of ether oxygens (including phenoxy) is 1. The average molecular weight is 382 g/mol. The van der Waals surface area contributed by atoms with Gasteiger partial charge in [-0.25, -0.2) is 4.98 Å². The Morgan fingerprint density at radius 2 is 2.15 bits per heavy atom. The number of methoxy groups -OCH3 is 1. The van der Waals surface area contributed by atoms with Gasteiger partial charge in [-0.05, 0) is 13.0 Å². The van der Waals surface area contributed by atoms with Gasteiger partial charge < -0.3 is 14.6 Å². The van der Waals surface area contributed by atoms with E-state index in [-0.39, 0.29) is 5.91 Å². The number of amides is 1. The van der Waals surface area contributed by atoms with E-state index in [4.69, 9.17) is 9.72 Å². The summed E-state index contributed by atoms with van der Waals surface area (Å²) < 4.78 is 7.34. The van der Waals surface area contributed by atoms with Crippen LogP contribution < -0.4 is 5.32 Å². The largest absolute Gasteiger partial charge is 0.383 e. The Kier molecular flexibility index (Phi) is 6.21. The SMILES string of the molecule is C=CCNC(=O)c1cc(-c2csc(-c3ccccc3)n2)n(CCOC)c1C. The number of hydrogen-bond acceptors (Lipinski definition) is 4. The van der Waals surface area contributed by atoms with Crippen molar-refractivity contribution in [3.63, 3.8) is 0 Å². The zero-order valence-electron chi connectivity index (χ0n) is 15.6. The summed E-state index contributed by atoms with van der Waals surface area (Å²) in [5, 5.41) is 5.84. The normalized spacial score (nSPS) is 10.7. The van der Waals surface area contributed by atoms with Crippen LogP contribution in [0.25, 0.3) is 22.0 Å². The Morgan fingerprint density at radius 3 is 2.85 bits per heavy atom. The van der Waals surface area contributed by atoms with Crippen LogP contribution in [-0.4, -0.2) is 35.7 Å². The number of thiazole rings is 1. The highest BCUT2D eigenvalue weighted by Gasteiger charge is 2.20. The predicted octanol–water partition coefficient (Wildman–Crippen LogP) is 4.15. The number of nitrogens with one attached hydrogen (secondary N) is 1. The topological polar surface area (TPSA) is 56.2 Å². The zero-order valence-corrected chi connectivity index (χ0v) is 16.4. The van der Waals surface area contributed by atoms with Crippen molar-refractivity contribution in [3.8, 4) is 22.0 Å². The smallest absolute Gasteiger partial charge is 0.253 e. The van der Waals surface area contributed by atoms with Crippen molar-refractivity contribution < 1.29 is 9.53 Å². The lowest BCUT2D eigenvalue weighted by Gasteiger charge is -2.10. The van der Waals surface area contributed by atoms with Gasteiger partial charge in [0.05, 0.1) is 23.6 Å². The van der Waals surface area contributed by atoms with Crippen LogP contribution in [0.4, 0.5) is 0 Å². The van der Waals surface area contributed by atoms with E-state index in [9.17, 15) is 4.79 Å². The van der Waals surface area contributed by atoms with Gasteiger partial charge in [-0.3, -0.25) is 4.79 Å². The van der Waals surface area contributed by atoms with E-state index >= 15 is 0 Å². The van der Waals surface area contributed by atoms with Gasteiger partial charge in [-0.2, -0.15) is 0 Å². The first-order valence-electron chi connectivity index (χ1n) is 8.75. The molecule has 6 heteroatoms. The highest BCUT2D eigenvalue weighted by atomic mass is 32.1. The number of aromatic nitrogens is 2. The maximum Gasteiger partial charge on any atom is 0.253 e. The molecule has 1 N–H and O–H groups in total. The van der Waals surface area contributed by atoms with Gasteiger partial charge in [0, 0.05) is 36.8 Å². The summed E-state index contributed by atoms with van der Waals surface area (Å²) in [6, 6.07) is 12.0. The second-order valence-corrected chi connectivity index (χ2v) is 6.93. The lowest BCUT2D eigenvalue weighted by Crippen LogP contribution is -2.23. The first-order chi connectivity index (χ1) is 13.2. The predicted molar refractivity (Wildman–Crippen MR) is 110 cm³/mol. The Bertz CT molecular complexity index is 928. The van der Waals surface area contributed by atoms with Crippen molar-refractivity contribution in [3.05, 3.63) is 65.7 Å². The summed E-state index contributed by atoms with van der Waals surface area (Å²) in [7, 11) is 1.67. The van der Waals surface area contributed by atoms with Crippen molar-refractivity contribution in [1.29, 1.82) is 0 Å². The molecule has 0 aliphatic heterocycles. The molecule has 0 saturated heterocycles. The summed E-state index contributed by atoms with van der Waals surface area (Å²) in [5.41, 5.74) is 4.42. The molecular weight excluding hydrogens is 358 g/mol. The molecule has 0 fully saturated rings. The fraction of sp³-hybridized carbons (Fsp3) is 0.238. The van der Waals surface area contributed by atoms with E-state index < -0.39 is 0 Å². The van der Waals surface area contributed by atoms with E-state index in [0.29, 0.717) is 25.3 Å². The Hall–Kier alpha value is -2.70. The van der Waals surface area contributed by atoms with Crippen molar-refractivity contribution in [1.82, 2.24) is 14.9 Å². The van der Waals surface area contributed by atoms with Gasteiger partial charge in [0.15, 0.2) is 0 Å². The summed E-state index contributed by atoms with van der Waals surface area (Å²) in [6.45, 7) is 7.25. The number of benzene rings is 1. The van der Waals surface area contributed by atoms with Crippen molar-refractivity contribution >= 4 is 17.2 Å². The molecule has 0 aliphatic carbocycles. The molecule has 3 rings (SSSR count). The molecule has 5 nitrogen and oxygen atoms in total. The second-order valence-electron chi connectivity index (χ2n) is 6.08. The first-order valence-corrected chi connectivity index (χ1v) is 9.63. The number of hydrogen-bond donors (Lipinski definition) is 1. The van der Waals surface area contributed by atoms with E-state index in [2.05, 4.69) is 16.5 Å². The summed E-state index contributed by atoms with van der Waals surface area (Å²) >= 11 is 1.60. The molecule has 0 atom stereocenters. The third kappa shape index (κ3) is 4.18. The Balaban J connectivity index is 1.99. The van der Waals surface area contributed by atoms with Gasteiger partial charge >= 0.3 is 0 Å². The number of nitrogens with zero attached hydrogens (tertiary/aromatic N) is 2. The van der Waals surface area contributed by atoms with Gasteiger partial charge in [-0.1, -0.05) is 36.4 Å². The lowest BCUT2D eigenvalue weighted by molar-refractivity contribution is 0.0957. The van der Waals surface area contributed by atoms with E-state index in [0.717, 1.165) is 27.7 Å². The third-order valence-corrected chi connectivity index (χ3v) is 5.22. The highest BCUT2D eigenvalue weighted by molar-refractivity contribution is 7.13. The molecule has 0 spiro atoms. The summed E-state index contributed by atoms with van der Waals surface area (Å²) in [6.07, 6.45) is 1.67. The minimum absolute atomic E-state index is 0.108. The maximum atomic E-state index is 12.5. The molecule has 2 aromatic heterocycles. The van der Waals surface area contributed by atoms with Gasteiger partial charge in [0.25, 0.3) is 5.91 Å². The molecule has 0 unspecified atom stereocenters. The first kappa shape index (κ1) is 19.1. The molecular formula is C21H23N3O2S. The van der Waals surface area contributed by atoms with Crippen LogP contribution in [0.2, 0.25) is 0 Å². The number of rotatable bonds is 8. The standard InChI is InChI=1S/C21H23N3O2S/c1-4-10-22-20(25)17-13-19(24(15(17)2)11-12-26-3)18-14-27-21(23-18)16-8-6-5-7-9-16/h4-9,13-14H,1,10-12H2,2-3H3,(H,22,25). The molecule has 2 heterocycles. The molecule has 3 aromatic rings. The summed E-state index contributed by atoms with van der Waals surface area (Å²) in [4.78, 5) is 17.3. The zero-order chi connectivity index (χ0) is 19.2. The Morgan fingerprint density at radius 1 is 1.37 bits per heavy atom. The molecule has 27 heavy (non-hydrogen) atoms. The molecule has 0 aliphatic rings. The summed E-state index contributed by atoms with van der Waals surface area (Å²) in [5.74, 6) is -0.108. The van der Waals surface area contributed by atoms with Crippen molar-refractivity contribution in [2.75, 3.05) is 20.3 Å². The van der Waals surface area contributed by atoms with Gasteiger partial charge in [0.1, 0.15) is 5.01 Å². The fourth-order valence-corrected chi connectivity index (χ4v) is 3.74. The minimum Gasteiger partial charge on any atom is -0.383 e. The van der Waals surface area contributed by atoms with Gasteiger partial charge in [0.2, 0.25) is 0 Å². The number of carbonyl (C=O) groups is 1. The maximum absolute atomic E-state index is 12.5.